The Morgan fingerprint density at radius 1 is 1.39 bits per heavy atom. The molecule has 0 atom stereocenters. The molecule has 0 N–H and O–H groups in total. The largest absolute Gasteiger partial charge is 0.338 e. The summed E-state index contributed by atoms with van der Waals surface area (Å²) in [5.74, 6) is 3.33. The van der Waals surface area contributed by atoms with Crippen molar-refractivity contribution in [3.63, 3.8) is 0 Å². The predicted molar refractivity (Wildman–Crippen MR) is 71.2 cm³/mol. The van der Waals surface area contributed by atoms with Gasteiger partial charge in [-0.25, -0.2) is 4.98 Å². The maximum Gasteiger partial charge on any atom is 0.237 e. The van der Waals surface area contributed by atoms with Gasteiger partial charge in [0.05, 0.1) is 11.0 Å². The fourth-order valence-electron chi connectivity index (χ4n) is 1.70. The first-order valence-electron chi connectivity index (χ1n) is 5.65. The van der Waals surface area contributed by atoms with Gasteiger partial charge < -0.3 is 9.47 Å². The molecule has 0 aliphatic rings. The third-order valence-corrected chi connectivity index (χ3v) is 2.76. The van der Waals surface area contributed by atoms with Crippen molar-refractivity contribution in [1.29, 1.82) is 0 Å². The highest BCUT2D eigenvalue weighted by Gasteiger charge is 2.08. The molecule has 0 amide bonds. The Hall–Kier alpha value is -2.28. The lowest BCUT2D eigenvalue weighted by molar-refractivity contribution is 0.105. The first-order valence-corrected chi connectivity index (χ1v) is 5.65. The lowest BCUT2D eigenvalue weighted by Crippen LogP contribution is -2.03. The zero-order valence-electron chi connectivity index (χ0n) is 11.0. The fraction of sp³-hybridized carbons (Fsp3) is 0.286. The van der Waals surface area contributed by atoms with E-state index >= 15 is 0 Å². The highest BCUT2D eigenvalue weighted by Crippen LogP contribution is 2.16. The maximum absolute atomic E-state index is 11.8. The highest BCUT2D eigenvalue weighted by molar-refractivity contribution is 6.10. The second-order valence-electron chi connectivity index (χ2n) is 4.38. The van der Waals surface area contributed by atoms with E-state index in [0.29, 0.717) is 5.56 Å². The van der Waals surface area contributed by atoms with E-state index in [9.17, 15) is 4.79 Å². The normalized spacial score (nSPS) is 10.0. The topological polar surface area (TPSA) is 38.1 Å². The summed E-state index contributed by atoms with van der Waals surface area (Å²) >= 11 is 0. The minimum atomic E-state index is -0.186. The maximum atomic E-state index is 11.8. The Bertz CT molecular complexity index is 671. The van der Waals surface area contributed by atoms with Crippen LogP contribution in [-0.2, 0) is 7.05 Å². The van der Waals surface area contributed by atoms with Crippen LogP contribution in [0.25, 0.3) is 11.0 Å². The zero-order valence-corrected chi connectivity index (χ0v) is 11.0. The van der Waals surface area contributed by atoms with Gasteiger partial charge in [-0.15, -0.1) is 0 Å². The van der Waals surface area contributed by atoms with E-state index in [4.69, 9.17) is 0 Å². The summed E-state index contributed by atoms with van der Waals surface area (Å²) < 4.78 is 2.00. The van der Waals surface area contributed by atoms with Crippen LogP contribution in [0.4, 0.5) is 0 Å². The Morgan fingerprint density at radius 3 is 2.78 bits per heavy atom. The number of benzene rings is 1. The lowest BCUT2D eigenvalue weighted by Gasteiger charge is -1.99. The number of aromatic nitrogens is 2. The van der Waals surface area contributed by atoms with Crippen LogP contribution in [0.1, 0.15) is 16.2 Å². The summed E-state index contributed by atoms with van der Waals surface area (Å²) in [6.45, 7) is 1.94. The summed E-state index contributed by atoms with van der Waals surface area (Å²) in [7, 11) is 5.55. The molecule has 2 aromatic rings. The van der Waals surface area contributed by atoms with Gasteiger partial charge >= 0.3 is 0 Å². The minimum Gasteiger partial charge on any atom is -0.338 e. The Kier molecular flexibility index (Phi) is 3.07. The van der Waals surface area contributed by atoms with Gasteiger partial charge in [0.1, 0.15) is 5.82 Å². The number of nitrogens with zero attached hydrogens (tertiary/aromatic N) is 3. The Balaban J connectivity index is 2.43. The van der Waals surface area contributed by atoms with Crippen molar-refractivity contribution in [1.82, 2.24) is 14.5 Å². The van der Waals surface area contributed by atoms with Crippen LogP contribution in [-0.4, -0.2) is 34.3 Å². The number of ketones is 1. The molecule has 0 fully saturated rings. The van der Waals surface area contributed by atoms with Crippen molar-refractivity contribution >= 4 is 16.8 Å². The molecule has 18 heavy (non-hydrogen) atoms. The fourth-order valence-corrected chi connectivity index (χ4v) is 1.70. The van der Waals surface area contributed by atoms with Crippen LogP contribution >= 0.6 is 0 Å². The molecule has 0 radical (unpaired) electrons. The van der Waals surface area contributed by atoms with Gasteiger partial charge in [-0.05, 0) is 31.0 Å². The molecule has 1 heterocycles. The number of carbonyl (C=O) groups excluding carboxylic acids is 1. The molecule has 0 aliphatic carbocycles. The number of carbonyl (C=O) groups is 1. The number of aryl methyl sites for hydroxylation is 2. The molecule has 0 aliphatic heterocycles. The van der Waals surface area contributed by atoms with E-state index in [1.807, 2.05) is 24.6 Å². The van der Waals surface area contributed by atoms with Gasteiger partial charge in [0.15, 0.2) is 0 Å². The van der Waals surface area contributed by atoms with Crippen molar-refractivity contribution in [2.24, 2.45) is 7.05 Å². The molecule has 0 unspecified atom stereocenters. The third-order valence-electron chi connectivity index (χ3n) is 2.76. The lowest BCUT2D eigenvalue weighted by atomic mass is 10.1. The summed E-state index contributed by atoms with van der Waals surface area (Å²) in [5.41, 5.74) is 2.42. The number of Topliss-reactive ketones (excluding diaryl/α,β-unsaturated/α-hetero) is 1. The first-order chi connectivity index (χ1) is 8.49. The van der Waals surface area contributed by atoms with Crippen molar-refractivity contribution in [2.75, 3.05) is 14.1 Å². The molecule has 0 bridgehead atoms. The molecule has 0 spiro atoms. The van der Waals surface area contributed by atoms with E-state index < -0.39 is 0 Å². The van der Waals surface area contributed by atoms with Crippen LogP contribution in [0, 0.1) is 18.9 Å². The van der Waals surface area contributed by atoms with E-state index in [1.165, 1.54) is 0 Å². The smallest absolute Gasteiger partial charge is 0.237 e. The predicted octanol–water partition coefficient (Wildman–Crippen LogP) is 1.59. The summed E-state index contributed by atoms with van der Waals surface area (Å²) in [5, 5.41) is 0. The SMILES string of the molecule is Cc1nc2cc(C(=O)C#CN(C)C)ccc2n1C. The minimum absolute atomic E-state index is 0.186. The zero-order chi connectivity index (χ0) is 13.3. The number of fused-ring (bicyclic) bond motifs is 1. The van der Waals surface area contributed by atoms with Crippen LogP contribution in [0.3, 0.4) is 0 Å². The highest BCUT2D eigenvalue weighted by atomic mass is 16.1. The van der Waals surface area contributed by atoms with Gasteiger partial charge in [-0.2, -0.15) is 0 Å². The molecule has 4 nitrogen and oxygen atoms in total. The van der Waals surface area contributed by atoms with Crippen molar-refractivity contribution in [3.05, 3.63) is 29.6 Å². The van der Waals surface area contributed by atoms with Crippen molar-refractivity contribution < 1.29 is 4.79 Å². The average Bonchev–Trinajstić information content (AvgIpc) is 2.61. The number of rotatable bonds is 1. The third kappa shape index (κ3) is 2.21. The molecule has 1 aromatic heterocycles. The van der Waals surface area contributed by atoms with E-state index in [0.717, 1.165) is 16.9 Å². The number of hydrogen-bond acceptors (Lipinski definition) is 3. The van der Waals surface area contributed by atoms with E-state index in [2.05, 4.69) is 16.9 Å². The van der Waals surface area contributed by atoms with E-state index in [-0.39, 0.29) is 5.78 Å². The Labute approximate surface area is 106 Å². The molecule has 4 heteroatoms. The average molecular weight is 241 g/mol. The van der Waals surface area contributed by atoms with Gasteiger partial charge in [0.25, 0.3) is 0 Å². The summed E-state index contributed by atoms with van der Waals surface area (Å²) in [6.07, 6.45) is 0. The van der Waals surface area contributed by atoms with Gasteiger partial charge in [0.2, 0.25) is 5.78 Å². The molecular weight excluding hydrogens is 226 g/mol. The second kappa shape index (κ2) is 4.53. The molecule has 2 rings (SSSR count). The van der Waals surface area contributed by atoms with Gasteiger partial charge in [-0.1, -0.05) is 0 Å². The Morgan fingerprint density at radius 2 is 2.11 bits per heavy atom. The quantitative estimate of drug-likeness (QED) is 0.432. The molecule has 92 valence electrons. The van der Waals surface area contributed by atoms with Crippen molar-refractivity contribution in [2.45, 2.75) is 6.92 Å². The van der Waals surface area contributed by atoms with E-state index in [1.54, 1.807) is 31.1 Å². The van der Waals surface area contributed by atoms with Crippen LogP contribution < -0.4 is 0 Å². The second-order valence-corrected chi connectivity index (χ2v) is 4.38. The first kappa shape index (κ1) is 12.2. The van der Waals surface area contributed by atoms with Crippen LogP contribution in [0.2, 0.25) is 0 Å². The number of hydrogen-bond donors (Lipinski definition) is 0. The molecular formula is C14H15N3O. The van der Waals surface area contributed by atoms with Crippen LogP contribution in [0.15, 0.2) is 18.2 Å². The molecule has 1 aromatic carbocycles. The standard InChI is InChI=1S/C14H15N3O/c1-10-15-12-9-11(5-6-13(12)17(10)4)14(18)7-8-16(2)3/h5-6,9H,1-4H3. The van der Waals surface area contributed by atoms with Gasteiger partial charge in [-0.3, -0.25) is 4.79 Å². The summed E-state index contributed by atoms with van der Waals surface area (Å²) in [6, 6.07) is 8.19. The van der Waals surface area contributed by atoms with Crippen LogP contribution in [0.5, 0.6) is 0 Å². The van der Waals surface area contributed by atoms with Gasteiger partial charge in [0, 0.05) is 32.8 Å². The number of imidazole rings is 1. The summed E-state index contributed by atoms with van der Waals surface area (Å²) in [4.78, 5) is 17.9. The molecule has 0 saturated heterocycles. The monoisotopic (exact) mass is 241 g/mol. The van der Waals surface area contributed by atoms with Crippen molar-refractivity contribution in [3.8, 4) is 12.0 Å². The molecule has 0 saturated carbocycles.